The van der Waals surface area contributed by atoms with Crippen LogP contribution in [0.25, 0.3) is 0 Å². The second-order valence-electron chi connectivity index (χ2n) is 4.89. The van der Waals surface area contributed by atoms with E-state index in [-0.39, 0.29) is 33.4 Å². The van der Waals surface area contributed by atoms with E-state index in [1.807, 2.05) is 0 Å². The molecule has 128 valence electrons. The van der Waals surface area contributed by atoms with E-state index in [1.54, 1.807) is 0 Å². The molecule has 3 nitrogen and oxygen atoms in total. The van der Waals surface area contributed by atoms with E-state index in [2.05, 4.69) is 5.32 Å². The molecule has 0 bridgehead atoms. The largest absolute Gasteiger partial charge is 0.416 e. The van der Waals surface area contributed by atoms with E-state index in [0.717, 1.165) is 18.2 Å². The summed E-state index contributed by atoms with van der Waals surface area (Å²) >= 11 is 11.7. The molecule has 0 aliphatic heterocycles. The minimum Gasteiger partial charge on any atom is -0.369 e. The average molecular weight is 381 g/mol. The van der Waals surface area contributed by atoms with E-state index in [4.69, 9.17) is 28.9 Å². The first-order valence-corrected chi connectivity index (χ1v) is 7.23. The number of anilines is 2. The Bertz CT molecular complexity index is 771. The summed E-state index contributed by atoms with van der Waals surface area (Å²) in [6.07, 6.45) is -4.91. The van der Waals surface area contributed by atoms with E-state index < -0.39 is 23.5 Å². The van der Waals surface area contributed by atoms with E-state index in [1.165, 1.54) is 12.1 Å². The third kappa shape index (κ3) is 4.30. The number of hydrogen-bond donors (Lipinski definition) is 2. The summed E-state index contributed by atoms with van der Waals surface area (Å²) in [6, 6.07) is 5.16. The fraction of sp³-hybridized carbons (Fsp3) is 0.133. The summed E-state index contributed by atoms with van der Waals surface area (Å²) in [7, 11) is 0. The molecule has 0 aliphatic rings. The van der Waals surface area contributed by atoms with Gasteiger partial charge in [0.25, 0.3) is 0 Å². The molecule has 0 heterocycles. The van der Waals surface area contributed by atoms with Crippen molar-refractivity contribution in [1.29, 1.82) is 0 Å². The number of carbonyl (C=O) groups excluding carboxylic acids is 1. The Morgan fingerprint density at radius 1 is 1.12 bits per heavy atom. The molecule has 0 spiro atoms. The lowest BCUT2D eigenvalue weighted by atomic mass is 10.1. The first kappa shape index (κ1) is 18.4. The minimum atomic E-state index is -4.59. The van der Waals surface area contributed by atoms with Crippen molar-refractivity contribution < 1.29 is 22.4 Å². The van der Waals surface area contributed by atoms with Gasteiger partial charge < -0.3 is 11.1 Å². The van der Waals surface area contributed by atoms with Crippen molar-refractivity contribution in [3.05, 3.63) is 57.3 Å². The van der Waals surface area contributed by atoms with Gasteiger partial charge in [-0.05, 0) is 35.9 Å². The molecule has 1 amide bonds. The Balaban J connectivity index is 2.36. The van der Waals surface area contributed by atoms with Gasteiger partial charge in [-0.25, -0.2) is 4.39 Å². The quantitative estimate of drug-likeness (QED) is 0.739. The van der Waals surface area contributed by atoms with Crippen LogP contribution in [0.1, 0.15) is 11.1 Å². The summed E-state index contributed by atoms with van der Waals surface area (Å²) in [6.45, 7) is 0. The summed E-state index contributed by atoms with van der Waals surface area (Å²) in [5.74, 6) is -1.36. The summed E-state index contributed by atoms with van der Waals surface area (Å²) < 4.78 is 51.7. The van der Waals surface area contributed by atoms with Gasteiger partial charge in [-0.2, -0.15) is 13.2 Å². The van der Waals surface area contributed by atoms with Crippen LogP contribution < -0.4 is 11.1 Å². The van der Waals surface area contributed by atoms with E-state index in [0.29, 0.717) is 0 Å². The number of carbonyl (C=O) groups is 1. The first-order chi connectivity index (χ1) is 11.1. The monoisotopic (exact) mass is 380 g/mol. The number of primary amides is 1. The zero-order valence-corrected chi connectivity index (χ0v) is 13.4. The van der Waals surface area contributed by atoms with Gasteiger partial charge in [0.2, 0.25) is 5.91 Å². The fourth-order valence-corrected chi connectivity index (χ4v) is 2.56. The molecule has 0 saturated heterocycles. The summed E-state index contributed by atoms with van der Waals surface area (Å²) in [4.78, 5) is 10.9. The Kier molecular flexibility index (Phi) is 5.25. The molecule has 0 unspecified atom stereocenters. The molecule has 0 atom stereocenters. The lowest BCUT2D eigenvalue weighted by Crippen LogP contribution is -2.14. The molecule has 0 fully saturated rings. The van der Waals surface area contributed by atoms with Crippen molar-refractivity contribution in [3.8, 4) is 0 Å². The lowest BCUT2D eigenvalue weighted by Gasteiger charge is -2.14. The van der Waals surface area contributed by atoms with Crippen molar-refractivity contribution in [1.82, 2.24) is 0 Å². The molecule has 9 heteroatoms. The molecule has 2 rings (SSSR count). The van der Waals surface area contributed by atoms with Gasteiger partial charge in [-0.1, -0.05) is 23.2 Å². The predicted molar refractivity (Wildman–Crippen MR) is 84.0 cm³/mol. The smallest absolute Gasteiger partial charge is 0.369 e. The van der Waals surface area contributed by atoms with Crippen LogP contribution in [0.15, 0.2) is 30.3 Å². The zero-order valence-electron chi connectivity index (χ0n) is 11.8. The third-order valence-electron chi connectivity index (χ3n) is 3.05. The van der Waals surface area contributed by atoms with Crippen molar-refractivity contribution in [3.63, 3.8) is 0 Å². The van der Waals surface area contributed by atoms with Gasteiger partial charge in [0, 0.05) is 5.69 Å². The highest BCUT2D eigenvalue weighted by Gasteiger charge is 2.32. The predicted octanol–water partition coefficient (Wildman–Crippen LogP) is 4.92. The molecule has 3 N–H and O–H groups in total. The van der Waals surface area contributed by atoms with Crippen LogP contribution in [0.2, 0.25) is 10.0 Å². The number of hydrogen-bond acceptors (Lipinski definition) is 2. The van der Waals surface area contributed by atoms with Crippen LogP contribution in [-0.2, 0) is 17.4 Å². The van der Waals surface area contributed by atoms with Crippen LogP contribution in [0.5, 0.6) is 0 Å². The molecule has 0 aliphatic carbocycles. The highest BCUT2D eigenvalue weighted by Crippen LogP contribution is 2.39. The normalized spacial score (nSPS) is 11.4. The van der Waals surface area contributed by atoms with Crippen molar-refractivity contribution >= 4 is 40.5 Å². The number of rotatable bonds is 4. The maximum absolute atomic E-state index is 13.6. The number of nitrogens with one attached hydrogen (secondary N) is 1. The number of amides is 1. The van der Waals surface area contributed by atoms with Crippen LogP contribution >= 0.6 is 23.2 Å². The third-order valence-corrected chi connectivity index (χ3v) is 3.65. The summed E-state index contributed by atoms with van der Waals surface area (Å²) in [5.41, 5.74) is 4.39. The lowest BCUT2D eigenvalue weighted by molar-refractivity contribution is -0.137. The van der Waals surface area contributed by atoms with Crippen molar-refractivity contribution in [2.75, 3.05) is 5.32 Å². The Labute approximate surface area is 144 Å². The molecule has 0 saturated carbocycles. The van der Waals surface area contributed by atoms with Crippen LogP contribution in [0.3, 0.4) is 0 Å². The van der Waals surface area contributed by atoms with Gasteiger partial charge in [0.15, 0.2) is 0 Å². The second-order valence-corrected chi connectivity index (χ2v) is 5.70. The summed E-state index contributed by atoms with van der Waals surface area (Å²) in [5, 5.41) is 2.20. The number of alkyl halides is 3. The Morgan fingerprint density at radius 3 is 2.21 bits per heavy atom. The highest BCUT2D eigenvalue weighted by molar-refractivity contribution is 6.39. The van der Waals surface area contributed by atoms with Gasteiger partial charge in [-0.3, -0.25) is 4.79 Å². The fourth-order valence-electron chi connectivity index (χ4n) is 1.98. The van der Waals surface area contributed by atoms with Crippen molar-refractivity contribution in [2.45, 2.75) is 12.6 Å². The molecule has 2 aromatic rings. The maximum atomic E-state index is 13.6. The standard InChI is InChI=1S/C15H10Cl2F4N2O/c16-10-5-8(15(19,20)21)6-11(17)14(10)23-9-1-2-12(18)7(3-9)4-13(22)24/h1-3,5-6,23H,4H2,(H2,22,24). The van der Waals surface area contributed by atoms with Crippen LogP contribution in [-0.4, -0.2) is 5.91 Å². The molecular formula is C15H10Cl2F4N2O. The molecule has 0 radical (unpaired) electrons. The zero-order chi connectivity index (χ0) is 18.1. The number of halogens is 6. The highest BCUT2D eigenvalue weighted by atomic mass is 35.5. The SMILES string of the molecule is NC(=O)Cc1cc(Nc2c(Cl)cc(C(F)(F)F)cc2Cl)ccc1F. The number of benzene rings is 2. The second kappa shape index (κ2) is 6.86. The molecule has 0 aromatic heterocycles. The van der Waals surface area contributed by atoms with E-state index in [9.17, 15) is 22.4 Å². The van der Waals surface area contributed by atoms with Crippen LogP contribution in [0, 0.1) is 5.82 Å². The molecule has 24 heavy (non-hydrogen) atoms. The van der Waals surface area contributed by atoms with Crippen LogP contribution in [0.4, 0.5) is 28.9 Å². The Hall–Kier alpha value is -1.99. The topological polar surface area (TPSA) is 55.1 Å². The van der Waals surface area contributed by atoms with E-state index >= 15 is 0 Å². The van der Waals surface area contributed by atoms with Gasteiger partial charge >= 0.3 is 6.18 Å². The minimum absolute atomic E-state index is 0.0305. The molecular weight excluding hydrogens is 371 g/mol. The number of nitrogens with two attached hydrogens (primary N) is 1. The van der Waals surface area contributed by atoms with Gasteiger partial charge in [0.05, 0.1) is 27.7 Å². The average Bonchev–Trinajstić information content (AvgIpc) is 2.44. The van der Waals surface area contributed by atoms with Crippen molar-refractivity contribution in [2.24, 2.45) is 5.73 Å². The van der Waals surface area contributed by atoms with Gasteiger partial charge in [0.1, 0.15) is 5.82 Å². The Morgan fingerprint density at radius 2 is 1.71 bits per heavy atom. The molecule has 2 aromatic carbocycles. The first-order valence-electron chi connectivity index (χ1n) is 6.48. The van der Waals surface area contributed by atoms with Gasteiger partial charge in [-0.15, -0.1) is 0 Å². The maximum Gasteiger partial charge on any atom is 0.416 e.